The number of hydrogen-bond acceptors (Lipinski definition) is 8. The second-order valence-corrected chi connectivity index (χ2v) is 9.84. The first-order chi connectivity index (χ1) is 19.8. The summed E-state index contributed by atoms with van der Waals surface area (Å²) in [5, 5.41) is 45.8. The molecule has 1 saturated heterocycles. The van der Waals surface area contributed by atoms with Gasteiger partial charge >= 0.3 is 5.97 Å². The van der Waals surface area contributed by atoms with Crippen LogP contribution in [0.3, 0.4) is 0 Å². The zero-order valence-electron chi connectivity index (χ0n) is 22.0. The van der Waals surface area contributed by atoms with Crippen molar-refractivity contribution in [1.82, 2.24) is 20.4 Å². The van der Waals surface area contributed by atoms with E-state index in [0.29, 0.717) is 29.8 Å². The number of furan rings is 1. The number of hydrogen-bond donors (Lipinski definition) is 5. The number of benzene rings is 2. The average Bonchev–Trinajstić information content (AvgIpc) is 3.64. The summed E-state index contributed by atoms with van der Waals surface area (Å²) >= 11 is 0. The number of amides is 2. The fraction of sp³-hybridized carbons (Fsp3) is 0.321. The molecule has 2 aromatic carbocycles. The molecular weight excluding hydrogens is 532 g/mol. The van der Waals surface area contributed by atoms with Crippen LogP contribution in [0.4, 0.5) is 0 Å². The lowest BCUT2D eigenvalue weighted by Gasteiger charge is -2.29. The van der Waals surface area contributed by atoms with Gasteiger partial charge in [-0.1, -0.05) is 18.2 Å². The molecular formula is C28H28N6O7. The van der Waals surface area contributed by atoms with E-state index in [0.717, 1.165) is 18.2 Å². The minimum atomic E-state index is -1.49. The van der Waals surface area contributed by atoms with Gasteiger partial charge in [-0.3, -0.25) is 14.9 Å². The zero-order chi connectivity index (χ0) is 29.1. The number of nitrogens with one attached hydrogen (secondary N) is 2. The lowest BCUT2D eigenvalue weighted by Crippen LogP contribution is -2.45. The second-order valence-electron chi connectivity index (χ2n) is 9.84. The number of carbonyl (C=O) groups is 3. The fourth-order valence-corrected chi connectivity index (χ4v) is 5.13. The average molecular weight is 561 g/mol. The molecule has 212 valence electrons. The number of likely N-dealkylation sites (tertiary alicyclic amines) is 1. The number of nitriles is 1. The van der Waals surface area contributed by atoms with Crippen LogP contribution in [0.25, 0.3) is 11.0 Å². The highest BCUT2D eigenvalue weighted by molar-refractivity contribution is 6.02. The van der Waals surface area contributed by atoms with Gasteiger partial charge in [0.05, 0.1) is 6.54 Å². The first-order valence-electron chi connectivity index (χ1n) is 13.1. The van der Waals surface area contributed by atoms with Crippen molar-refractivity contribution in [2.75, 3.05) is 26.2 Å². The van der Waals surface area contributed by atoms with Gasteiger partial charge < -0.3 is 34.9 Å². The number of aromatic hydroxyl groups is 2. The second kappa shape index (κ2) is 11.5. The maximum absolute atomic E-state index is 13.1. The number of carboxylic acid groups (broad SMARTS) is 1. The van der Waals surface area contributed by atoms with E-state index >= 15 is 0 Å². The van der Waals surface area contributed by atoms with Gasteiger partial charge in [0.2, 0.25) is 5.96 Å². The Labute approximate surface area is 234 Å². The van der Waals surface area contributed by atoms with Gasteiger partial charge in [0.25, 0.3) is 11.8 Å². The Morgan fingerprint density at radius 3 is 2.56 bits per heavy atom. The number of carbonyl (C=O) groups excluding carboxylic acids is 2. The Morgan fingerprint density at radius 2 is 1.85 bits per heavy atom. The first kappa shape index (κ1) is 27.3. The quantitative estimate of drug-likeness (QED) is 0.128. The van der Waals surface area contributed by atoms with Crippen molar-refractivity contribution in [3.05, 3.63) is 58.8 Å². The molecule has 0 radical (unpaired) electrons. The highest BCUT2D eigenvalue weighted by Crippen LogP contribution is 2.37. The number of para-hydroxylation sites is 1. The Balaban J connectivity index is 1.32. The van der Waals surface area contributed by atoms with Crippen molar-refractivity contribution < 1.29 is 34.1 Å². The normalized spacial score (nSPS) is 15.7. The monoisotopic (exact) mass is 560 g/mol. The summed E-state index contributed by atoms with van der Waals surface area (Å²) in [7, 11) is 0. The van der Waals surface area contributed by atoms with Crippen molar-refractivity contribution in [3.8, 4) is 17.7 Å². The molecule has 1 aromatic heterocycles. The van der Waals surface area contributed by atoms with E-state index in [9.17, 15) is 29.7 Å². The molecule has 13 heteroatoms. The maximum atomic E-state index is 13.1. The summed E-state index contributed by atoms with van der Waals surface area (Å²) in [6.07, 6.45) is 3.80. The third kappa shape index (κ3) is 5.58. The molecule has 1 atom stereocenters. The molecule has 0 spiro atoms. The smallest absolute Gasteiger partial charge is 0.328 e. The Kier molecular flexibility index (Phi) is 7.64. The van der Waals surface area contributed by atoms with E-state index in [1.54, 1.807) is 24.4 Å². The number of aliphatic imine (C=N–C) groups is 1. The predicted octanol–water partition coefficient (Wildman–Crippen LogP) is 1.75. The van der Waals surface area contributed by atoms with Crippen molar-refractivity contribution in [1.29, 1.82) is 5.26 Å². The first-order valence-corrected chi connectivity index (χ1v) is 13.1. The number of rotatable bonds is 6. The topological polar surface area (TPSA) is 192 Å². The number of guanidine groups is 1. The molecule has 3 aromatic rings. The lowest BCUT2D eigenvalue weighted by molar-refractivity contribution is -0.138. The molecule has 1 fully saturated rings. The summed E-state index contributed by atoms with van der Waals surface area (Å²) in [5.41, 5.74) is 0.939. The van der Waals surface area contributed by atoms with Crippen molar-refractivity contribution in [3.63, 3.8) is 0 Å². The number of nitrogens with zero attached hydrogens (tertiary/aromatic N) is 4. The summed E-state index contributed by atoms with van der Waals surface area (Å²) in [6, 6.07) is 8.69. The number of aliphatic carboxylic acids is 1. The van der Waals surface area contributed by atoms with E-state index < -0.39 is 35.0 Å². The van der Waals surface area contributed by atoms with Crippen molar-refractivity contribution in [2.24, 2.45) is 4.99 Å². The van der Waals surface area contributed by atoms with Crippen LogP contribution in [-0.2, 0) is 17.8 Å². The van der Waals surface area contributed by atoms with E-state index in [2.05, 4.69) is 15.6 Å². The highest BCUT2D eigenvalue weighted by atomic mass is 16.4. The molecule has 2 aliphatic heterocycles. The highest BCUT2D eigenvalue weighted by Gasteiger charge is 2.31. The molecule has 3 heterocycles. The van der Waals surface area contributed by atoms with Crippen molar-refractivity contribution >= 4 is 34.7 Å². The maximum Gasteiger partial charge on any atom is 0.328 e. The van der Waals surface area contributed by atoms with Gasteiger partial charge in [-0.2, -0.15) is 5.26 Å². The standard InChI is InChI=1S/C28H28N6O7/c29-15-31-28(33-8-3-4-9-33)30-13-19(27(39)40)32-25(37)23-20(35)11-17-14-34(10-7-18(17)24(23)36)26(38)22-12-16-5-1-2-6-21(16)41-22/h1-2,5-6,11-12,19,35-36H,3-4,7-10,13-14H2,(H,30,31)(H,32,37)(H,39,40)/t19-/m0/s1. The molecule has 13 nitrogen and oxygen atoms in total. The van der Waals surface area contributed by atoms with Gasteiger partial charge in [0.1, 0.15) is 28.7 Å². The van der Waals surface area contributed by atoms with Crippen LogP contribution in [0.2, 0.25) is 0 Å². The molecule has 41 heavy (non-hydrogen) atoms. The van der Waals surface area contributed by atoms with E-state index in [-0.39, 0.29) is 43.7 Å². The summed E-state index contributed by atoms with van der Waals surface area (Å²) < 4.78 is 5.68. The molecule has 2 amide bonds. The predicted molar refractivity (Wildman–Crippen MR) is 145 cm³/mol. The number of phenols is 2. The summed E-state index contributed by atoms with van der Waals surface area (Å²) in [6.45, 7) is 1.23. The number of carboxylic acids is 1. The fourth-order valence-electron chi connectivity index (χ4n) is 5.13. The number of fused-ring (bicyclic) bond motifs is 2. The Hall–Kier alpha value is -5.25. The van der Waals surface area contributed by atoms with Crippen LogP contribution >= 0.6 is 0 Å². The van der Waals surface area contributed by atoms with Gasteiger partial charge in [-0.25, -0.2) is 9.79 Å². The van der Waals surface area contributed by atoms with Crippen LogP contribution in [0.1, 0.15) is 44.9 Å². The largest absolute Gasteiger partial charge is 0.507 e. The number of phenolic OH excluding ortho intramolecular Hbond substituents is 2. The lowest BCUT2D eigenvalue weighted by atomic mass is 9.94. The zero-order valence-corrected chi connectivity index (χ0v) is 22.0. The van der Waals surface area contributed by atoms with Crippen LogP contribution in [0.15, 0.2) is 45.8 Å². The minimum absolute atomic E-state index is 0.0614. The molecule has 5 N–H and O–H groups in total. The van der Waals surface area contributed by atoms with E-state index in [4.69, 9.17) is 9.68 Å². The van der Waals surface area contributed by atoms with Gasteiger partial charge in [-0.05, 0) is 43.0 Å². The third-order valence-corrected chi connectivity index (χ3v) is 7.22. The van der Waals surface area contributed by atoms with E-state index in [1.165, 1.54) is 11.0 Å². The molecule has 0 saturated carbocycles. The Bertz CT molecular complexity index is 1550. The third-order valence-electron chi connectivity index (χ3n) is 7.22. The molecule has 5 rings (SSSR count). The molecule has 0 aliphatic carbocycles. The molecule has 0 bridgehead atoms. The summed E-state index contributed by atoms with van der Waals surface area (Å²) in [4.78, 5) is 45.6. The van der Waals surface area contributed by atoms with Crippen LogP contribution in [0.5, 0.6) is 11.5 Å². The van der Waals surface area contributed by atoms with Crippen LogP contribution < -0.4 is 10.6 Å². The SMILES string of the molecule is N#CNC(=NC[C@H](NC(=O)c1c(O)cc2c(c1O)CCN(C(=O)c1cc3ccccc3o1)C2)C(=O)O)N1CCCC1. The van der Waals surface area contributed by atoms with Crippen molar-refractivity contribution in [2.45, 2.75) is 31.8 Å². The summed E-state index contributed by atoms with van der Waals surface area (Å²) in [5.74, 6) is -3.39. The van der Waals surface area contributed by atoms with E-state index in [1.807, 2.05) is 17.0 Å². The van der Waals surface area contributed by atoms with Gasteiger partial charge in [0.15, 0.2) is 12.0 Å². The Morgan fingerprint density at radius 1 is 1.10 bits per heavy atom. The minimum Gasteiger partial charge on any atom is -0.507 e. The van der Waals surface area contributed by atoms with Crippen LogP contribution in [-0.4, -0.2) is 81.1 Å². The van der Waals surface area contributed by atoms with Crippen LogP contribution in [0, 0.1) is 11.5 Å². The molecule has 0 unspecified atom stereocenters. The van der Waals surface area contributed by atoms with Gasteiger partial charge in [0, 0.05) is 37.1 Å². The molecule has 2 aliphatic rings. The van der Waals surface area contributed by atoms with Gasteiger partial charge in [-0.15, -0.1) is 0 Å².